The second kappa shape index (κ2) is 5.73. The van der Waals surface area contributed by atoms with Crippen molar-refractivity contribution in [2.24, 2.45) is 0 Å². The predicted molar refractivity (Wildman–Crippen MR) is 44.1 cm³/mol. The van der Waals surface area contributed by atoms with Gasteiger partial charge in [-0.05, 0) is 13.0 Å². The summed E-state index contributed by atoms with van der Waals surface area (Å²) in [5.41, 5.74) is 0. The molecule has 0 saturated carbocycles. The van der Waals surface area contributed by atoms with Gasteiger partial charge in [0.2, 0.25) is 5.91 Å². The van der Waals surface area contributed by atoms with E-state index in [1.807, 2.05) is 0 Å². The molecule has 0 bridgehead atoms. The maximum atomic E-state index is 10.6. The van der Waals surface area contributed by atoms with Gasteiger partial charge >= 0.3 is 0 Å². The minimum atomic E-state index is -2.84. The summed E-state index contributed by atoms with van der Waals surface area (Å²) < 4.78 is 24.1. The van der Waals surface area contributed by atoms with Crippen LogP contribution in [0.3, 0.4) is 0 Å². The Labute approximate surface area is 72.6 Å². The van der Waals surface area contributed by atoms with Crippen LogP contribution >= 0.6 is 0 Å². The van der Waals surface area contributed by atoms with Crippen LogP contribution in [0.5, 0.6) is 0 Å². The molecular formula is C6H11NO4S. The third-order valence-electron chi connectivity index (χ3n) is 1.00. The second-order valence-corrected chi connectivity index (χ2v) is 2.84. The van der Waals surface area contributed by atoms with E-state index in [2.05, 4.69) is 16.1 Å². The smallest absolute Gasteiger partial charge is 0.257 e. The molecule has 0 aromatic carbocycles. The predicted octanol–water partition coefficient (Wildman–Crippen LogP) is -0.780. The van der Waals surface area contributed by atoms with Crippen LogP contribution < -0.4 is 5.32 Å². The summed E-state index contributed by atoms with van der Waals surface area (Å²) in [5.74, 6) is -0.354. The van der Waals surface area contributed by atoms with Crippen LogP contribution in [0.4, 0.5) is 0 Å². The third kappa shape index (κ3) is 5.87. The lowest BCUT2D eigenvalue weighted by Crippen LogP contribution is -2.34. The van der Waals surface area contributed by atoms with Crippen LogP contribution in [-0.4, -0.2) is 27.0 Å². The first-order chi connectivity index (χ1) is 5.56. The van der Waals surface area contributed by atoms with Crippen molar-refractivity contribution in [2.45, 2.75) is 13.0 Å². The summed E-state index contributed by atoms with van der Waals surface area (Å²) in [6.07, 6.45) is 1.10. The highest BCUT2D eigenvalue weighted by molar-refractivity contribution is 7.67. The van der Waals surface area contributed by atoms with Gasteiger partial charge in [-0.15, -0.1) is 0 Å². The van der Waals surface area contributed by atoms with E-state index in [1.54, 1.807) is 6.92 Å². The molecule has 70 valence electrons. The molecule has 0 aromatic rings. The van der Waals surface area contributed by atoms with E-state index in [0.717, 1.165) is 6.08 Å². The van der Waals surface area contributed by atoms with Gasteiger partial charge in [0, 0.05) is 0 Å². The lowest BCUT2D eigenvalue weighted by atomic mass is 10.3. The fraction of sp³-hybridized carbons (Fsp3) is 0.500. The molecule has 0 aliphatic heterocycles. The Bertz CT molecular complexity index is 228. The number of rotatable bonds is 5. The summed E-state index contributed by atoms with van der Waals surface area (Å²) in [7, 11) is -2.84. The van der Waals surface area contributed by atoms with Crippen molar-refractivity contribution in [3.05, 3.63) is 12.7 Å². The van der Waals surface area contributed by atoms with Gasteiger partial charge < -0.3 is 5.32 Å². The third-order valence-corrected chi connectivity index (χ3v) is 1.36. The van der Waals surface area contributed by atoms with Crippen molar-refractivity contribution in [1.29, 1.82) is 0 Å². The van der Waals surface area contributed by atoms with Crippen molar-refractivity contribution in [3.63, 3.8) is 0 Å². The first kappa shape index (κ1) is 11.1. The molecule has 0 saturated heterocycles. The standard InChI is InChI=1S/C6H11NO4S/c1-3-6(8)7-5(2)4-11-12(9)10/h3,5,12H,1,4H2,2H3,(H,7,8). The Balaban J connectivity index is 3.66. The lowest BCUT2D eigenvalue weighted by molar-refractivity contribution is -0.117. The van der Waals surface area contributed by atoms with Gasteiger partial charge in [0.25, 0.3) is 11.0 Å². The van der Waals surface area contributed by atoms with E-state index < -0.39 is 11.0 Å². The van der Waals surface area contributed by atoms with Crippen LogP contribution in [-0.2, 0) is 20.0 Å². The van der Waals surface area contributed by atoms with Crippen molar-refractivity contribution in [3.8, 4) is 0 Å². The Morgan fingerprint density at radius 3 is 2.75 bits per heavy atom. The molecule has 0 aromatic heterocycles. The van der Waals surface area contributed by atoms with Crippen LogP contribution in [0, 0.1) is 0 Å². The fourth-order valence-corrected chi connectivity index (χ4v) is 0.861. The molecule has 0 radical (unpaired) electrons. The van der Waals surface area contributed by atoms with E-state index in [4.69, 9.17) is 0 Å². The molecule has 0 aliphatic rings. The molecule has 1 amide bonds. The van der Waals surface area contributed by atoms with Crippen LogP contribution in [0.2, 0.25) is 0 Å². The molecule has 1 N–H and O–H groups in total. The summed E-state index contributed by atoms with van der Waals surface area (Å²) in [6, 6.07) is -0.344. The van der Waals surface area contributed by atoms with Gasteiger partial charge in [-0.1, -0.05) is 6.58 Å². The molecule has 0 heterocycles. The minimum absolute atomic E-state index is 0.0573. The highest BCUT2D eigenvalue weighted by Gasteiger charge is 2.03. The van der Waals surface area contributed by atoms with E-state index >= 15 is 0 Å². The first-order valence-electron chi connectivity index (χ1n) is 3.26. The highest BCUT2D eigenvalue weighted by Crippen LogP contribution is 1.84. The van der Waals surface area contributed by atoms with E-state index in [-0.39, 0.29) is 18.6 Å². The molecule has 0 aliphatic carbocycles. The molecule has 0 fully saturated rings. The normalized spacial score (nSPS) is 12.5. The number of hydrogen-bond donors (Lipinski definition) is 2. The molecule has 5 nitrogen and oxygen atoms in total. The van der Waals surface area contributed by atoms with Crippen LogP contribution in [0.1, 0.15) is 6.92 Å². The van der Waals surface area contributed by atoms with Crippen molar-refractivity contribution >= 4 is 16.9 Å². The molecule has 0 rings (SSSR count). The monoisotopic (exact) mass is 193 g/mol. The number of carbonyl (C=O) groups excluding carboxylic acids is 1. The molecule has 0 spiro atoms. The molecular weight excluding hydrogens is 182 g/mol. The average molecular weight is 193 g/mol. The van der Waals surface area contributed by atoms with Crippen molar-refractivity contribution in [1.82, 2.24) is 5.32 Å². The topological polar surface area (TPSA) is 72.5 Å². The van der Waals surface area contributed by atoms with Gasteiger partial charge in [-0.25, -0.2) is 8.42 Å². The molecule has 12 heavy (non-hydrogen) atoms. The molecule has 6 heteroatoms. The SMILES string of the molecule is C=CC(=O)NC(C)CO[SH](=O)=O. The Hall–Kier alpha value is -0.880. The number of nitrogens with one attached hydrogen (secondary N) is 1. The minimum Gasteiger partial charge on any atom is -0.348 e. The van der Waals surface area contributed by atoms with Crippen molar-refractivity contribution < 1.29 is 17.4 Å². The Kier molecular flexibility index (Phi) is 5.31. The van der Waals surface area contributed by atoms with Gasteiger partial charge in [0.1, 0.15) is 0 Å². The zero-order valence-electron chi connectivity index (χ0n) is 6.65. The maximum Gasteiger partial charge on any atom is 0.257 e. The number of thiol groups is 1. The summed E-state index contributed by atoms with van der Waals surface area (Å²) in [4.78, 5) is 10.6. The fourth-order valence-electron chi connectivity index (χ4n) is 0.516. The number of carbonyl (C=O) groups is 1. The Morgan fingerprint density at radius 2 is 2.33 bits per heavy atom. The first-order valence-corrected chi connectivity index (χ1v) is 4.36. The maximum absolute atomic E-state index is 10.6. The van der Waals surface area contributed by atoms with Gasteiger partial charge in [0.15, 0.2) is 0 Å². The van der Waals surface area contributed by atoms with Gasteiger partial charge in [-0.3, -0.25) is 8.98 Å². The largest absolute Gasteiger partial charge is 0.348 e. The van der Waals surface area contributed by atoms with E-state index in [0.29, 0.717) is 0 Å². The quantitative estimate of drug-likeness (QED) is 0.444. The zero-order valence-corrected chi connectivity index (χ0v) is 7.54. The number of hydrogen-bond acceptors (Lipinski definition) is 4. The van der Waals surface area contributed by atoms with Gasteiger partial charge in [0.05, 0.1) is 12.6 Å². The highest BCUT2D eigenvalue weighted by atomic mass is 32.2. The summed E-state index contributed by atoms with van der Waals surface area (Å²) >= 11 is 0. The van der Waals surface area contributed by atoms with Crippen LogP contribution in [0.15, 0.2) is 12.7 Å². The molecule has 1 unspecified atom stereocenters. The van der Waals surface area contributed by atoms with Crippen molar-refractivity contribution in [2.75, 3.05) is 6.61 Å². The van der Waals surface area contributed by atoms with E-state index in [9.17, 15) is 13.2 Å². The zero-order chi connectivity index (χ0) is 9.56. The van der Waals surface area contributed by atoms with Crippen LogP contribution in [0.25, 0.3) is 0 Å². The summed E-state index contributed by atoms with van der Waals surface area (Å²) in [6.45, 7) is 4.80. The second-order valence-electron chi connectivity index (χ2n) is 2.13. The molecule has 1 atom stereocenters. The van der Waals surface area contributed by atoms with E-state index in [1.165, 1.54) is 0 Å². The Morgan fingerprint density at radius 1 is 1.75 bits per heavy atom. The number of amides is 1. The van der Waals surface area contributed by atoms with Gasteiger partial charge in [-0.2, -0.15) is 0 Å². The lowest BCUT2D eigenvalue weighted by Gasteiger charge is -2.09. The summed E-state index contributed by atoms with van der Waals surface area (Å²) in [5, 5.41) is 2.44. The average Bonchev–Trinajstić information content (AvgIpc) is 2.00.